The molecule has 0 aromatic carbocycles. The number of aliphatic hydroxyl groups excluding tert-OH is 1. The van der Waals surface area contributed by atoms with Crippen LogP contribution in [-0.2, 0) is 0 Å². The van der Waals surface area contributed by atoms with Crippen LogP contribution in [0.3, 0.4) is 0 Å². The summed E-state index contributed by atoms with van der Waals surface area (Å²) in [4.78, 5) is 2.58. The monoisotopic (exact) mass is 214 g/mol. The Morgan fingerprint density at radius 3 is 2.73 bits per heavy atom. The number of rotatable bonds is 6. The van der Waals surface area contributed by atoms with Crippen LogP contribution in [0.4, 0.5) is 0 Å². The van der Waals surface area contributed by atoms with Gasteiger partial charge in [-0.05, 0) is 38.8 Å². The highest BCUT2D eigenvalue weighted by Gasteiger charge is 2.28. The fourth-order valence-electron chi connectivity index (χ4n) is 2.60. The molecule has 2 atom stereocenters. The first-order valence-corrected chi connectivity index (χ1v) is 6.21. The zero-order valence-electron chi connectivity index (χ0n) is 10.4. The molecule has 1 fully saturated rings. The molecule has 15 heavy (non-hydrogen) atoms. The van der Waals surface area contributed by atoms with Crippen molar-refractivity contribution in [1.82, 2.24) is 10.2 Å². The van der Waals surface area contributed by atoms with Crippen LogP contribution in [0.1, 0.15) is 33.1 Å². The number of nitrogens with one attached hydrogen (secondary N) is 1. The van der Waals surface area contributed by atoms with Gasteiger partial charge in [-0.3, -0.25) is 4.90 Å². The highest BCUT2D eigenvalue weighted by molar-refractivity contribution is 4.84. The van der Waals surface area contributed by atoms with Gasteiger partial charge in [0.2, 0.25) is 0 Å². The van der Waals surface area contributed by atoms with Crippen LogP contribution in [0.15, 0.2) is 0 Å². The molecule has 1 aliphatic heterocycles. The third kappa shape index (κ3) is 3.74. The van der Waals surface area contributed by atoms with Crippen LogP contribution >= 0.6 is 0 Å². The van der Waals surface area contributed by atoms with Crippen molar-refractivity contribution >= 4 is 0 Å². The molecule has 90 valence electrons. The fraction of sp³-hybridized carbons (Fsp3) is 1.00. The second-order valence-electron chi connectivity index (χ2n) is 4.95. The lowest BCUT2D eigenvalue weighted by atomic mass is 10.0. The van der Waals surface area contributed by atoms with E-state index in [4.69, 9.17) is 5.11 Å². The molecule has 0 spiro atoms. The SMILES string of the molecule is CNC(CCO)CN1CCCC1C(C)C. The molecule has 1 rings (SSSR count). The van der Waals surface area contributed by atoms with Gasteiger partial charge >= 0.3 is 0 Å². The van der Waals surface area contributed by atoms with E-state index >= 15 is 0 Å². The van der Waals surface area contributed by atoms with Gasteiger partial charge in [0, 0.05) is 25.2 Å². The van der Waals surface area contributed by atoms with Crippen LogP contribution in [0.2, 0.25) is 0 Å². The van der Waals surface area contributed by atoms with E-state index in [-0.39, 0.29) is 6.61 Å². The summed E-state index contributed by atoms with van der Waals surface area (Å²) >= 11 is 0. The average molecular weight is 214 g/mol. The maximum Gasteiger partial charge on any atom is 0.0446 e. The minimum atomic E-state index is 0.283. The number of hydrogen-bond acceptors (Lipinski definition) is 3. The molecule has 2 unspecified atom stereocenters. The maximum atomic E-state index is 8.96. The van der Waals surface area contributed by atoms with Crippen molar-refractivity contribution in [3.8, 4) is 0 Å². The van der Waals surface area contributed by atoms with Crippen molar-refractivity contribution in [1.29, 1.82) is 0 Å². The lowest BCUT2D eigenvalue weighted by Gasteiger charge is -2.30. The smallest absolute Gasteiger partial charge is 0.0446 e. The second-order valence-corrected chi connectivity index (χ2v) is 4.95. The predicted molar refractivity (Wildman–Crippen MR) is 64.0 cm³/mol. The molecular weight excluding hydrogens is 188 g/mol. The molecule has 0 amide bonds. The summed E-state index contributed by atoms with van der Waals surface area (Å²) in [6, 6.07) is 1.19. The molecule has 0 bridgehead atoms. The van der Waals surface area contributed by atoms with Crippen molar-refractivity contribution in [3.63, 3.8) is 0 Å². The summed E-state index contributed by atoms with van der Waals surface area (Å²) in [5.41, 5.74) is 0. The fourth-order valence-corrected chi connectivity index (χ4v) is 2.60. The maximum absolute atomic E-state index is 8.96. The molecule has 3 nitrogen and oxygen atoms in total. The largest absolute Gasteiger partial charge is 0.396 e. The Morgan fingerprint density at radius 1 is 1.47 bits per heavy atom. The highest BCUT2D eigenvalue weighted by Crippen LogP contribution is 2.23. The molecule has 0 aliphatic carbocycles. The lowest BCUT2D eigenvalue weighted by Crippen LogP contribution is -2.43. The topological polar surface area (TPSA) is 35.5 Å². The van der Waals surface area contributed by atoms with Crippen LogP contribution in [0.5, 0.6) is 0 Å². The molecule has 3 heteroatoms. The van der Waals surface area contributed by atoms with E-state index in [1.807, 2.05) is 7.05 Å². The van der Waals surface area contributed by atoms with E-state index in [1.54, 1.807) is 0 Å². The van der Waals surface area contributed by atoms with Gasteiger partial charge in [-0.25, -0.2) is 0 Å². The Kier molecular flexibility index (Phi) is 5.58. The van der Waals surface area contributed by atoms with Crippen LogP contribution < -0.4 is 5.32 Å². The summed E-state index contributed by atoms with van der Waals surface area (Å²) < 4.78 is 0. The predicted octanol–water partition coefficient (Wildman–Crippen LogP) is 1.08. The van der Waals surface area contributed by atoms with E-state index in [1.165, 1.54) is 19.4 Å². The van der Waals surface area contributed by atoms with Crippen molar-refractivity contribution in [2.75, 3.05) is 26.7 Å². The standard InChI is InChI=1S/C12H26N2O/c1-10(2)12-5-4-7-14(12)9-11(13-3)6-8-15/h10-13,15H,4-9H2,1-3H3. The Labute approximate surface area is 93.9 Å². The van der Waals surface area contributed by atoms with Crippen molar-refractivity contribution in [2.24, 2.45) is 5.92 Å². The summed E-state index contributed by atoms with van der Waals surface area (Å²) in [5, 5.41) is 12.2. The first-order valence-electron chi connectivity index (χ1n) is 6.21. The summed E-state index contributed by atoms with van der Waals surface area (Å²) in [6.07, 6.45) is 3.53. The quantitative estimate of drug-likeness (QED) is 0.694. The van der Waals surface area contributed by atoms with Crippen molar-refractivity contribution in [3.05, 3.63) is 0 Å². The second kappa shape index (κ2) is 6.46. The molecule has 1 aliphatic rings. The van der Waals surface area contributed by atoms with Gasteiger partial charge in [0.1, 0.15) is 0 Å². The van der Waals surface area contributed by atoms with Gasteiger partial charge in [0.15, 0.2) is 0 Å². The molecule has 1 heterocycles. The first-order chi connectivity index (χ1) is 7.19. The summed E-state index contributed by atoms with van der Waals surface area (Å²) in [6.45, 7) is 7.21. The van der Waals surface area contributed by atoms with Gasteiger partial charge in [0.05, 0.1) is 0 Å². The van der Waals surface area contributed by atoms with Crippen molar-refractivity contribution in [2.45, 2.75) is 45.2 Å². The van der Waals surface area contributed by atoms with Gasteiger partial charge in [-0.1, -0.05) is 13.8 Å². The minimum Gasteiger partial charge on any atom is -0.396 e. The van der Waals surface area contributed by atoms with Crippen molar-refractivity contribution < 1.29 is 5.11 Å². The number of likely N-dealkylation sites (N-methyl/N-ethyl adjacent to an activating group) is 1. The van der Waals surface area contributed by atoms with Crippen LogP contribution in [-0.4, -0.2) is 48.8 Å². The number of likely N-dealkylation sites (tertiary alicyclic amines) is 1. The number of aliphatic hydroxyl groups is 1. The zero-order valence-corrected chi connectivity index (χ0v) is 10.4. The van der Waals surface area contributed by atoms with E-state index in [2.05, 4.69) is 24.1 Å². The van der Waals surface area contributed by atoms with E-state index < -0.39 is 0 Å². The van der Waals surface area contributed by atoms with Crippen LogP contribution in [0.25, 0.3) is 0 Å². The normalized spacial score (nSPS) is 25.0. The molecular formula is C12H26N2O. The van der Waals surface area contributed by atoms with Gasteiger partial charge in [-0.2, -0.15) is 0 Å². The van der Waals surface area contributed by atoms with Gasteiger partial charge < -0.3 is 10.4 Å². The summed E-state index contributed by atoms with van der Waals surface area (Å²) in [7, 11) is 1.99. The Morgan fingerprint density at radius 2 is 2.20 bits per heavy atom. The number of nitrogens with zero attached hydrogens (tertiary/aromatic N) is 1. The Balaban J connectivity index is 2.41. The third-order valence-electron chi connectivity index (χ3n) is 3.52. The molecule has 2 N–H and O–H groups in total. The summed E-state index contributed by atoms with van der Waals surface area (Å²) in [5.74, 6) is 0.749. The van der Waals surface area contributed by atoms with E-state index in [0.717, 1.165) is 24.9 Å². The average Bonchev–Trinajstić information content (AvgIpc) is 2.65. The van der Waals surface area contributed by atoms with Gasteiger partial charge in [0.25, 0.3) is 0 Å². The Bertz CT molecular complexity index is 173. The molecule has 0 aromatic heterocycles. The minimum absolute atomic E-state index is 0.283. The molecule has 0 radical (unpaired) electrons. The van der Waals surface area contributed by atoms with E-state index in [9.17, 15) is 0 Å². The van der Waals surface area contributed by atoms with Gasteiger partial charge in [-0.15, -0.1) is 0 Å². The van der Waals surface area contributed by atoms with Crippen LogP contribution in [0, 0.1) is 5.92 Å². The first kappa shape index (κ1) is 12.9. The Hall–Kier alpha value is -0.120. The zero-order chi connectivity index (χ0) is 11.3. The highest BCUT2D eigenvalue weighted by atomic mass is 16.3. The number of hydrogen-bond donors (Lipinski definition) is 2. The van der Waals surface area contributed by atoms with E-state index in [0.29, 0.717) is 6.04 Å². The molecule has 0 aromatic rings. The molecule has 0 saturated carbocycles. The molecule has 1 saturated heterocycles. The lowest BCUT2D eigenvalue weighted by molar-refractivity contribution is 0.173. The third-order valence-corrected chi connectivity index (χ3v) is 3.52.